The van der Waals surface area contributed by atoms with E-state index in [1.807, 2.05) is 128 Å². The van der Waals surface area contributed by atoms with Crippen molar-refractivity contribution < 1.29 is 83.6 Å². The number of nitrogens with zero attached hydrogens (tertiary/aromatic N) is 8. The normalized spacial score (nSPS) is 18.7. The fraction of sp³-hybridized carbons (Fsp3) is 0.200. The van der Waals surface area contributed by atoms with Crippen molar-refractivity contribution in [2.75, 3.05) is 31.5 Å². The minimum absolute atomic E-state index is 0. The molecule has 488 valence electrons. The number of esters is 2. The third-order valence-corrected chi connectivity index (χ3v) is 16.8. The summed E-state index contributed by atoms with van der Waals surface area (Å²) in [5, 5.41) is 63.6. The van der Waals surface area contributed by atoms with Crippen LogP contribution in [0.1, 0.15) is 79.9 Å². The van der Waals surface area contributed by atoms with E-state index >= 15 is 0 Å². The van der Waals surface area contributed by atoms with Gasteiger partial charge in [0.05, 0.1) is 40.9 Å². The van der Waals surface area contributed by atoms with Gasteiger partial charge in [0.1, 0.15) is 59.8 Å². The van der Waals surface area contributed by atoms with Crippen LogP contribution in [-0.4, -0.2) is 129 Å². The van der Waals surface area contributed by atoms with Crippen molar-refractivity contribution in [3.8, 4) is 0 Å². The number of ether oxygens (including phenoxy) is 4. The molecule has 14 rings (SSSR count). The van der Waals surface area contributed by atoms with E-state index in [0.29, 0.717) is 51.3 Å². The Morgan fingerprint density at radius 3 is 1.09 bits per heavy atom. The smallest absolute Gasteiger partial charge is 0.857 e. The van der Waals surface area contributed by atoms with E-state index in [1.54, 1.807) is 65.6 Å². The van der Waals surface area contributed by atoms with Crippen LogP contribution in [0.5, 0.6) is 0 Å². The summed E-state index contributed by atoms with van der Waals surface area (Å²) in [5.41, 5.74) is 5.95. The first-order chi connectivity index (χ1) is 47.2. The molecule has 2 unspecified atom stereocenters. The second kappa shape index (κ2) is 32.7. The summed E-state index contributed by atoms with van der Waals surface area (Å²) in [6.45, 7) is 1.50. The monoisotopic (exact) mass is 1310 g/mol. The maximum absolute atomic E-state index is 13.6. The van der Waals surface area contributed by atoms with E-state index in [4.69, 9.17) is 39.2 Å². The van der Waals surface area contributed by atoms with Crippen molar-refractivity contribution in [2.24, 2.45) is 0 Å². The SMILES string of the molecule is CC[C@H]1O[C@@H](n2ncc3c(NC(c4ccccc4)(c4ccccc4)c4ccccc4)ncnc32)C(OC(=O)c2ccccc2)[C@H]1OC(=O)c1ccccc1.CO.C[O-].OC[C@H]1O[C@@H](n2ncc3c(NC(c4ccccc4)(c4ccccc4)c4ccccc4)ncnc32)C(O)[C@H]1O.[Na+]. The number of hydrogen-bond donors (Lipinski definition) is 6. The Balaban J connectivity index is 0.000000209. The van der Waals surface area contributed by atoms with E-state index in [0.717, 1.165) is 47.6 Å². The van der Waals surface area contributed by atoms with Crippen molar-refractivity contribution >= 4 is 45.6 Å². The van der Waals surface area contributed by atoms with Gasteiger partial charge in [0.2, 0.25) is 0 Å². The fourth-order valence-electron chi connectivity index (χ4n) is 12.3. The van der Waals surface area contributed by atoms with Gasteiger partial charge in [-0.15, -0.1) is 0 Å². The Hall–Kier alpha value is -9.88. The number of fused-ring (bicyclic) bond motifs is 2. The summed E-state index contributed by atoms with van der Waals surface area (Å²) in [6.07, 6.45) is -1.42. The predicted molar refractivity (Wildman–Crippen MR) is 359 cm³/mol. The first-order valence-electron chi connectivity index (χ1n) is 31.1. The number of anilines is 2. The second-order valence-electron chi connectivity index (χ2n) is 22.2. The van der Waals surface area contributed by atoms with Crippen LogP contribution in [0.4, 0.5) is 11.6 Å². The number of aromatic nitrogens is 8. The molecule has 0 saturated carbocycles. The molecule has 2 saturated heterocycles. The van der Waals surface area contributed by atoms with Gasteiger partial charge in [-0.3, -0.25) is 0 Å². The van der Waals surface area contributed by atoms with Crippen LogP contribution in [0.15, 0.2) is 268 Å². The number of rotatable bonds is 18. The molecule has 8 aromatic carbocycles. The van der Waals surface area contributed by atoms with E-state index in [9.17, 15) is 24.9 Å². The minimum Gasteiger partial charge on any atom is -0.857 e. The number of carbonyl (C=O) groups is 2. The quantitative estimate of drug-likeness (QED) is 0.0307. The number of hydrogen-bond acceptors (Lipinski definition) is 19. The molecular formula is C75H71N10NaO11. The van der Waals surface area contributed by atoms with Crippen LogP contribution in [0.25, 0.3) is 22.1 Å². The molecule has 0 radical (unpaired) electrons. The van der Waals surface area contributed by atoms with Crippen molar-refractivity contribution in [2.45, 2.75) is 73.5 Å². The topological polar surface area (TPSA) is 286 Å². The molecular weight excluding hydrogens is 1240 g/mol. The first kappa shape index (κ1) is 69.9. The van der Waals surface area contributed by atoms with Gasteiger partial charge in [-0.2, -0.15) is 17.3 Å². The van der Waals surface area contributed by atoms with Crippen molar-refractivity contribution in [3.05, 3.63) is 312 Å². The third-order valence-electron chi connectivity index (χ3n) is 16.8. The zero-order valence-corrected chi connectivity index (χ0v) is 55.7. The van der Waals surface area contributed by atoms with Gasteiger partial charge >= 0.3 is 41.5 Å². The Labute approximate surface area is 582 Å². The summed E-state index contributed by atoms with van der Waals surface area (Å²) in [5.74, 6) is -0.0805. The molecule has 4 aromatic heterocycles. The third kappa shape index (κ3) is 14.3. The molecule has 8 atom stereocenters. The van der Waals surface area contributed by atoms with E-state index in [1.165, 1.54) is 17.3 Å². The van der Waals surface area contributed by atoms with Crippen molar-refractivity contribution in [1.29, 1.82) is 0 Å². The Morgan fingerprint density at radius 2 is 0.773 bits per heavy atom. The van der Waals surface area contributed by atoms with E-state index in [-0.39, 0.29) is 29.6 Å². The summed E-state index contributed by atoms with van der Waals surface area (Å²) in [7, 11) is 1.75. The molecule has 21 nitrogen and oxygen atoms in total. The number of benzene rings is 8. The second-order valence-corrected chi connectivity index (χ2v) is 22.2. The van der Waals surface area contributed by atoms with Crippen molar-refractivity contribution in [1.82, 2.24) is 39.5 Å². The maximum Gasteiger partial charge on any atom is 1.00 e. The maximum atomic E-state index is 13.6. The van der Waals surface area contributed by atoms with Gasteiger partial charge < -0.3 is 55.1 Å². The Bertz CT molecular complexity index is 4230. The Kier molecular flexibility index (Phi) is 23.6. The van der Waals surface area contributed by atoms with Crippen LogP contribution >= 0.6 is 0 Å². The van der Waals surface area contributed by atoms with Crippen molar-refractivity contribution in [3.63, 3.8) is 0 Å². The number of nitrogens with one attached hydrogen (secondary N) is 2. The number of aliphatic hydroxyl groups is 4. The molecule has 2 aliphatic heterocycles. The van der Waals surface area contributed by atoms with Crippen LogP contribution in [0, 0.1) is 0 Å². The molecule has 2 fully saturated rings. The van der Waals surface area contributed by atoms with Gasteiger partial charge in [0.15, 0.2) is 36.0 Å². The van der Waals surface area contributed by atoms with E-state index in [2.05, 4.69) is 103 Å². The zero-order valence-electron chi connectivity index (χ0n) is 53.7. The number of carbonyl (C=O) groups excluding carboxylic acids is 2. The van der Waals surface area contributed by atoms with Crippen LogP contribution in [0.2, 0.25) is 0 Å². The average Bonchev–Trinajstić information content (AvgIpc) is 1.65. The predicted octanol–water partition coefficient (Wildman–Crippen LogP) is 6.42. The standard InChI is InChI=1S/C44H37N5O5.C29H27N5O4.CH4O.CH3O.Na/c1-2-36-37(53-42(50)30-18-8-3-9-19-30)38(54-43(51)31-20-10-4-11-21-31)41(52-36)49-40-35(28-47-49)39(45-29-46-40)48-44(32-22-12-5-13-23-32,33-24-14-6-15-25-33)34-26-16-7-17-27-34;35-17-23-24(36)25(37)28(38-23)34-27-22(16-32-34)26(30-18-31-27)33-29(19-10-4-1-5-11-19,20-12-6-2-7-13-20)21-14-8-3-9-15-21;2*1-2;/h3-29,36-38,41H,2H2,1H3,(H,45,46,48);1-16,18,23-25,28,35-37H,17H2,(H,30,31,33);2H,1H3;1H3;/q;;;-1;+1/t36-,37+,38?,41-;23-,24+,25?,28-;;;/m11.../s1. The summed E-state index contributed by atoms with van der Waals surface area (Å²) < 4.78 is 27.6. The summed E-state index contributed by atoms with van der Waals surface area (Å²) >= 11 is 0. The molecule has 22 heteroatoms. The summed E-state index contributed by atoms with van der Waals surface area (Å²) in [4.78, 5) is 45.5. The number of aliphatic hydroxyl groups excluding tert-OH is 4. The molecule has 12 aromatic rings. The van der Waals surface area contributed by atoms with E-state index < -0.39 is 78.7 Å². The van der Waals surface area contributed by atoms with Gasteiger partial charge in [0, 0.05) is 7.11 Å². The van der Waals surface area contributed by atoms with Crippen LogP contribution in [-0.2, 0) is 30.0 Å². The minimum atomic E-state index is -1.28. The van der Waals surface area contributed by atoms with Gasteiger partial charge in [-0.1, -0.05) is 225 Å². The Morgan fingerprint density at radius 1 is 0.464 bits per heavy atom. The van der Waals surface area contributed by atoms with Gasteiger partial charge in [-0.25, -0.2) is 38.9 Å². The molecule has 0 amide bonds. The molecule has 2 aliphatic rings. The summed E-state index contributed by atoms with van der Waals surface area (Å²) in [6, 6.07) is 78.5. The molecule has 0 bridgehead atoms. The average molecular weight is 1310 g/mol. The zero-order chi connectivity index (χ0) is 67.0. The van der Waals surface area contributed by atoms with Crippen LogP contribution < -0.4 is 45.3 Å². The fourth-order valence-corrected chi connectivity index (χ4v) is 12.3. The molecule has 6 N–H and O–H groups in total. The van der Waals surface area contributed by atoms with Gasteiger partial charge in [-0.05, 0) is 64.1 Å². The largest absolute Gasteiger partial charge is 1.00 e. The molecule has 97 heavy (non-hydrogen) atoms. The molecule has 0 aliphatic carbocycles. The molecule has 6 heterocycles. The van der Waals surface area contributed by atoms with Gasteiger partial charge in [0.25, 0.3) is 0 Å². The first-order valence-corrected chi connectivity index (χ1v) is 31.1. The van der Waals surface area contributed by atoms with Crippen LogP contribution in [0.3, 0.4) is 0 Å². The molecule has 0 spiro atoms.